The van der Waals surface area contributed by atoms with E-state index >= 15 is 0 Å². The quantitative estimate of drug-likeness (QED) is 0.592. The molecular formula is C25H33NO2S. The Labute approximate surface area is 179 Å². The molecule has 1 unspecified atom stereocenters. The smallest absolute Gasteiger partial charge is 0.124 e. The molecule has 4 rings (SSSR count). The molecular weight excluding hydrogens is 378 g/mol. The third-order valence-corrected chi connectivity index (χ3v) is 6.84. The maximum Gasteiger partial charge on any atom is 0.124 e. The lowest BCUT2D eigenvalue weighted by Crippen LogP contribution is -2.37. The second-order valence-corrected chi connectivity index (χ2v) is 9.30. The van der Waals surface area contributed by atoms with Crippen LogP contribution in [0.5, 0.6) is 11.5 Å². The molecule has 4 heteroatoms. The SMILES string of the molecule is CSCCNC1CCC(Oc2ccc3c(c2)CCC(c2ccccc2C)O3)CC1. The van der Waals surface area contributed by atoms with Crippen LogP contribution in [-0.2, 0) is 6.42 Å². The van der Waals surface area contributed by atoms with Gasteiger partial charge in [-0.25, -0.2) is 0 Å². The van der Waals surface area contributed by atoms with Crippen molar-refractivity contribution in [2.24, 2.45) is 0 Å². The van der Waals surface area contributed by atoms with Crippen LogP contribution in [0.4, 0.5) is 0 Å². The number of thioether (sulfide) groups is 1. The van der Waals surface area contributed by atoms with Crippen molar-refractivity contribution in [3.8, 4) is 11.5 Å². The number of fused-ring (bicyclic) bond motifs is 1. The summed E-state index contributed by atoms with van der Waals surface area (Å²) < 4.78 is 12.7. The topological polar surface area (TPSA) is 30.5 Å². The first-order valence-electron chi connectivity index (χ1n) is 11.0. The van der Waals surface area contributed by atoms with Crippen LogP contribution in [0.25, 0.3) is 0 Å². The Morgan fingerprint density at radius 2 is 1.90 bits per heavy atom. The number of benzene rings is 2. The van der Waals surface area contributed by atoms with Gasteiger partial charge in [0, 0.05) is 18.3 Å². The molecule has 0 saturated heterocycles. The van der Waals surface area contributed by atoms with Crippen LogP contribution in [0.2, 0.25) is 0 Å². The summed E-state index contributed by atoms with van der Waals surface area (Å²) >= 11 is 1.91. The van der Waals surface area contributed by atoms with E-state index in [4.69, 9.17) is 9.47 Å². The number of hydrogen-bond donors (Lipinski definition) is 1. The molecule has 1 heterocycles. The number of rotatable bonds is 7. The Balaban J connectivity index is 1.31. The van der Waals surface area contributed by atoms with Gasteiger partial charge in [-0.05, 0) is 86.6 Å². The molecule has 2 aliphatic rings. The van der Waals surface area contributed by atoms with Crippen molar-refractivity contribution < 1.29 is 9.47 Å². The molecule has 1 aliphatic heterocycles. The molecule has 156 valence electrons. The van der Waals surface area contributed by atoms with E-state index in [0.29, 0.717) is 12.1 Å². The van der Waals surface area contributed by atoms with Crippen molar-refractivity contribution in [3.63, 3.8) is 0 Å². The Bertz CT molecular complexity index is 801. The summed E-state index contributed by atoms with van der Waals surface area (Å²) in [6, 6.07) is 15.6. The molecule has 1 saturated carbocycles. The summed E-state index contributed by atoms with van der Waals surface area (Å²) in [6.07, 6.45) is 9.43. The number of hydrogen-bond acceptors (Lipinski definition) is 4. The molecule has 29 heavy (non-hydrogen) atoms. The van der Waals surface area contributed by atoms with Crippen molar-refractivity contribution in [1.82, 2.24) is 5.32 Å². The van der Waals surface area contributed by atoms with Gasteiger partial charge in [0.25, 0.3) is 0 Å². The Morgan fingerprint density at radius 3 is 2.69 bits per heavy atom. The highest BCUT2D eigenvalue weighted by Crippen LogP contribution is 2.38. The van der Waals surface area contributed by atoms with E-state index in [1.54, 1.807) is 0 Å². The third kappa shape index (κ3) is 5.29. The zero-order chi connectivity index (χ0) is 20.1. The molecule has 1 atom stereocenters. The summed E-state index contributed by atoms with van der Waals surface area (Å²) in [5.41, 5.74) is 3.89. The van der Waals surface area contributed by atoms with Crippen molar-refractivity contribution in [2.45, 2.75) is 63.7 Å². The lowest BCUT2D eigenvalue weighted by atomic mass is 9.92. The molecule has 0 amide bonds. The molecule has 2 aromatic carbocycles. The van der Waals surface area contributed by atoms with Gasteiger partial charge in [-0.1, -0.05) is 24.3 Å². The van der Waals surface area contributed by atoms with E-state index in [1.165, 1.54) is 35.3 Å². The largest absolute Gasteiger partial charge is 0.490 e. The summed E-state index contributed by atoms with van der Waals surface area (Å²) in [5.74, 6) is 3.21. The van der Waals surface area contributed by atoms with Crippen LogP contribution in [0.1, 0.15) is 54.9 Å². The van der Waals surface area contributed by atoms with Crippen LogP contribution in [0.15, 0.2) is 42.5 Å². The lowest BCUT2D eigenvalue weighted by Gasteiger charge is -2.31. The molecule has 1 N–H and O–H groups in total. The fraction of sp³-hybridized carbons (Fsp3) is 0.520. The van der Waals surface area contributed by atoms with Crippen molar-refractivity contribution >= 4 is 11.8 Å². The molecule has 3 nitrogen and oxygen atoms in total. The highest BCUT2D eigenvalue weighted by molar-refractivity contribution is 7.98. The van der Waals surface area contributed by atoms with Crippen molar-refractivity contribution in [1.29, 1.82) is 0 Å². The molecule has 0 spiro atoms. The summed E-state index contributed by atoms with van der Waals surface area (Å²) in [7, 11) is 0. The zero-order valence-electron chi connectivity index (χ0n) is 17.7. The van der Waals surface area contributed by atoms with Crippen LogP contribution < -0.4 is 14.8 Å². The molecule has 1 fully saturated rings. The van der Waals surface area contributed by atoms with Crippen molar-refractivity contribution in [3.05, 3.63) is 59.2 Å². The van der Waals surface area contributed by atoms with Gasteiger partial charge in [-0.15, -0.1) is 0 Å². The van der Waals surface area contributed by atoms with Crippen LogP contribution in [-0.4, -0.2) is 30.7 Å². The van der Waals surface area contributed by atoms with E-state index in [9.17, 15) is 0 Å². The van der Waals surface area contributed by atoms with E-state index < -0.39 is 0 Å². The van der Waals surface area contributed by atoms with Crippen molar-refractivity contribution in [2.75, 3.05) is 18.6 Å². The molecule has 0 bridgehead atoms. The number of aryl methyl sites for hydroxylation is 2. The lowest BCUT2D eigenvalue weighted by molar-refractivity contribution is 0.139. The second-order valence-electron chi connectivity index (χ2n) is 8.31. The summed E-state index contributed by atoms with van der Waals surface area (Å²) in [4.78, 5) is 0. The van der Waals surface area contributed by atoms with E-state index in [0.717, 1.165) is 43.7 Å². The van der Waals surface area contributed by atoms with Gasteiger partial charge < -0.3 is 14.8 Å². The number of nitrogens with one attached hydrogen (secondary N) is 1. The third-order valence-electron chi connectivity index (χ3n) is 6.23. The fourth-order valence-corrected chi connectivity index (χ4v) is 4.87. The normalized spacial score (nSPS) is 23.9. The molecule has 0 aromatic heterocycles. The minimum Gasteiger partial charge on any atom is -0.490 e. The minimum absolute atomic E-state index is 0.157. The first-order chi connectivity index (χ1) is 14.2. The van der Waals surface area contributed by atoms with Gasteiger partial charge in [0.15, 0.2) is 0 Å². The zero-order valence-corrected chi connectivity index (χ0v) is 18.5. The van der Waals surface area contributed by atoms with E-state index in [-0.39, 0.29) is 6.10 Å². The van der Waals surface area contributed by atoms with E-state index in [1.807, 2.05) is 11.8 Å². The highest BCUT2D eigenvalue weighted by Gasteiger charge is 2.25. The maximum atomic E-state index is 6.34. The fourth-order valence-electron chi connectivity index (χ4n) is 4.55. The van der Waals surface area contributed by atoms with Gasteiger partial charge in [0.05, 0.1) is 6.10 Å². The van der Waals surface area contributed by atoms with Gasteiger partial charge in [-0.2, -0.15) is 11.8 Å². The van der Waals surface area contributed by atoms with Gasteiger partial charge in [-0.3, -0.25) is 0 Å². The molecule has 2 aromatic rings. The first kappa shape index (κ1) is 20.6. The van der Waals surface area contributed by atoms with Crippen LogP contribution in [0.3, 0.4) is 0 Å². The average molecular weight is 412 g/mol. The predicted molar refractivity (Wildman–Crippen MR) is 122 cm³/mol. The highest BCUT2D eigenvalue weighted by atomic mass is 32.2. The van der Waals surface area contributed by atoms with Crippen LogP contribution in [0, 0.1) is 6.92 Å². The monoisotopic (exact) mass is 411 g/mol. The predicted octanol–water partition coefficient (Wildman–Crippen LogP) is 5.70. The molecule has 1 aliphatic carbocycles. The standard InChI is InChI=1S/C25H33NO2S/c1-18-5-3-4-6-23(18)25-13-7-19-17-22(12-14-24(19)28-25)27-21-10-8-20(9-11-21)26-15-16-29-2/h3-6,12,14,17,20-21,25-26H,7-11,13,15-16H2,1-2H3. The summed E-state index contributed by atoms with van der Waals surface area (Å²) in [5, 5.41) is 3.68. The molecule has 0 radical (unpaired) electrons. The van der Waals surface area contributed by atoms with E-state index in [2.05, 4.69) is 61.0 Å². The Kier molecular flexibility index (Phi) is 7.04. The Morgan fingerprint density at radius 1 is 1.07 bits per heavy atom. The number of ether oxygens (including phenoxy) is 2. The van der Waals surface area contributed by atoms with Gasteiger partial charge in [0.1, 0.15) is 17.6 Å². The Hall–Kier alpha value is -1.65. The minimum atomic E-state index is 0.157. The first-order valence-corrected chi connectivity index (χ1v) is 12.4. The van der Waals surface area contributed by atoms with Gasteiger partial charge >= 0.3 is 0 Å². The maximum absolute atomic E-state index is 6.34. The second kappa shape index (κ2) is 9.90. The summed E-state index contributed by atoms with van der Waals surface area (Å²) in [6.45, 7) is 3.28. The average Bonchev–Trinajstić information content (AvgIpc) is 2.75. The van der Waals surface area contributed by atoms with Gasteiger partial charge in [0.2, 0.25) is 0 Å². The van der Waals surface area contributed by atoms with Crippen LogP contribution >= 0.6 is 11.8 Å².